The van der Waals surface area contributed by atoms with Crippen molar-refractivity contribution in [3.8, 4) is 11.1 Å². The van der Waals surface area contributed by atoms with Gasteiger partial charge in [-0.2, -0.15) is 0 Å². The van der Waals surface area contributed by atoms with Gasteiger partial charge in [0.05, 0.1) is 12.5 Å². The minimum Gasteiger partial charge on any atom is -0.354 e. The molecule has 1 aromatic heterocycles. The Morgan fingerprint density at radius 1 is 0.963 bits per heavy atom. The number of benzene rings is 2. The van der Waals surface area contributed by atoms with Gasteiger partial charge in [-0.1, -0.05) is 54.6 Å². The fraction of sp³-hybridized carbons (Fsp3) is 0.261. The monoisotopic (exact) mass is 361 g/mol. The smallest absolute Gasteiger partial charge is 0.224 e. The number of hydrogen-bond acceptors (Lipinski definition) is 2. The SMILES string of the molecule is CN(C)C(CNC(=O)Cc1ccc(-c2ccccc2)cc1)c1cccn1C. The minimum absolute atomic E-state index is 0.0449. The van der Waals surface area contributed by atoms with Crippen LogP contribution in [0.15, 0.2) is 72.9 Å². The summed E-state index contributed by atoms with van der Waals surface area (Å²) in [5.41, 5.74) is 4.56. The minimum atomic E-state index is 0.0449. The van der Waals surface area contributed by atoms with Crippen molar-refractivity contribution in [1.29, 1.82) is 0 Å². The lowest BCUT2D eigenvalue weighted by atomic mass is 10.0. The molecule has 0 saturated carbocycles. The number of aromatic nitrogens is 1. The maximum absolute atomic E-state index is 12.4. The van der Waals surface area contributed by atoms with E-state index in [1.165, 1.54) is 11.3 Å². The molecule has 0 bridgehead atoms. The molecule has 1 N–H and O–H groups in total. The van der Waals surface area contributed by atoms with E-state index in [2.05, 4.69) is 45.1 Å². The molecule has 2 aromatic carbocycles. The number of amides is 1. The lowest BCUT2D eigenvalue weighted by molar-refractivity contribution is -0.120. The molecule has 27 heavy (non-hydrogen) atoms. The molecule has 1 heterocycles. The van der Waals surface area contributed by atoms with Crippen LogP contribution in [0, 0.1) is 0 Å². The molecule has 0 aliphatic heterocycles. The molecule has 1 amide bonds. The zero-order valence-corrected chi connectivity index (χ0v) is 16.2. The van der Waals surface area contributed by atoms with Crippen LogP contribution in [0.3, 0.4) is 0 Å². The molecule has 4 nitrogen and oxygen atoms in total. The van der Waals surface area contributed by atoms with Crippen LogP contribution in [0.1, 0.15) is 17.3 Å². The summed E-state index contributed by atoms with van der Waals surface area (Å²) in [6, 6.07) is 22.7. The Morgan fingerprint density at radius 3 is 2.22 bits per heavy atom. The zero-order chi connectivity index (χ0) is 19.2. The van der Waals surface area contributed by atoms with Crippen LogP contribution >= 0.6 is 0 Å². The average Bonchev–Trinajstić information content (AvgIpc) is 3.09. The highest BCUT2D eigenvalue weighted by atomic mass is 16.1. The number of aryl methyl sites for hydroxylation is 1. The molecular formula is C23H27N3O. The maximum Gasteiger partial charge on any atom is 0.224 e. The molecular weight excluding hydrogens is 334 g/mol. The summed E-state index contributed by atoms with van der Waals surface area (Å²) in [4.78, 5) is 14.5. The van der Waals surface area contributed by atoms with Crippen LogP contribution in [0.4, 0.5) is 0 Å². The largest absolute Gasteiger partial charge is 0.354 e. The number of likely N-dealkylation sites (N-methyl/N-ethyl adjacent to an activating group) is 1. The molecule has 0 spiro atoms. The van der Waals surface area contributed by atoms with Crippen LogP contribution in [0.25, 0.3) is 11.1 Å². The average molecular weight is 361 g/mol. The first-order valence-electron chi connectivity index (χ1n) is 9.23. The Labute approximate surface area is 161 Å². The summed E-state index contributed by atoms with van der Waals surface area (Å²) in [5.74, 6) is 0.0449. The van der Waals surface area contributed by atoms with E-state index in [0.717, 1.165) is 11.1 Å². The van der Waals surface area contributed by atoms with Gasteiger partial charge in [-0.05, 0) is 42.9 Å². The molecule has 0 aliphatic carbocycles. The van der Waals surface area contributed by atoms with E-state index >= 15 is 0 Å². The first-order chi connectivity index (χ1) is 13.0. The van der Waals surface area contributed by atoms with E-state index in [1.54, 1.807) is 0 Å². The van der Waals surface area contributed by atoms with Gasteiger partial charge >= 0.3 is 0 Å². The van der Waals surface area contributed by atoms with Gasteiger partial charge in [0.15, 0.2) is 0 Å². The molecule has 0 fully saturated rings. The fourth-order valence-electron chi connectivity index (χ4n) is 3.28. The van der Waals surface area contributed by atoms with Gasteiger partial charge < -0.3 is 9.88 Å². The van der Waals surface area contributed by atoms with E-state index in [0.29, 0.717) is 13.0 Å². The quantitative estimate of drug-likeness (QED) is 0.697. The van der Waals surface area contributed by atoms with Crippen molar-refractivity contribution in [1.82, 2.24) is 14.8 Å². The summed E-state index contributed by atoms with van der Waals surface area (Å²) >= 11 is 0. The first kappa shape index (κ1) is 18.9. The Hall–Kier alpha value is -2.85. The summed E-state index contributed by atoms with van der Waals surface area (Å²) in [6.45, 7) is 0.589. The molecule has 0 saturated heterocycles. The summed E-state index contributed by atoms with van der Waals surface area (Å²) in [6.07, 6.45) is 2.42. The van der Waals surface area contributed by atoms with Crippen LogP contribution in [0.2, 0.25) is 0 Å². The highest BCUT2D eigenvalue weighted by Gasteiger charge is 2.17. The summed E-state index contributed by atoms with van der Waals surface area (Å²) < 4.78 is 2.10. The van der Waals surface area contributed by atoms with Crippen molar-refractivity contribution in [2.24, 2.45) is 7.05 Å². The molecule has 3 aromatic rings. The van der Waals surface area contributed by atoms with Gasteiger partial charge in [-0.15, -0.1) is 0 Å². The third-order valence-electron chi connectivity index (χ3n) is 4.87. The van der Waals surface area contributed by atoms with Crippen LogP contribution in [-0.4, -0.2) is 36.0 Å². The molecule has 140 valence electrons. The van der Waals surface area contributed by atoms with Crippen molar-refractivity contribution in [2.75, 3.05) is 20.6 Å². The van der Waals surface area contributed by atoms with E-state index in [-0.39, 0.29) is 11.9 Å². The Kier molecular flexibility index (Phi) is 6.09. The third-order valence-corrected chi connectivity index (χ3v) is 4.87. The van der Waals surface area contributed by atoms with Crippen LogP contribution in [-0.2, 0) is 18.3 Å². The second-order valence-electron chi connectivity index (χ2n) is 7.07. The van der Waals surface area contributed by atoms with Crippen molar-refractivity contribution in [3.63, 3.8) is 0 Å². The third kappa shape index (κ3) is 4.86. The number of rotatable bonds is 7. The molecule has 0 aliphatic rings. The number of nitrogens with zero attached hydrogens (tertiary/aromatic N) is 2. The van der Waals surface area contributed by atoms with E-state index in [9.17, 15) is 4.79 Å². The first-order valence-corrected chi connectivity index (χ1v) is 9.23. The topological polar surface area (TPSA) is 37.3 Å². The Morgan fingerprint density at radius 2 is 1.63 bits per heavy atom. The molecule has 4 heteroatoms. The standard InChI is InChI=1S/C23H27N3O/c1-25(2)22(21-10-7-15-26(21)3)17-24-23(27)16-18-11-13-20(14-12-18)19-8-5-4-6-9-19/h4-15,22H,16-17H2,1-3H3,(H,24,27). The Bertz CT molecular complexity index is 866. The number of carbonyl (C=O) groups is 1. The zero-order valence-electron chi connectivity index (χ0n) is 16.2. The van der Waals surface area contributed by atoms with Crippen molar-refractivity contribution >= 4 is 5.91 Å². The normalized spacial score (nSPS) is 12.1. The van der Waals surface area contributed by atoms with E-state index in [4.69, 9.17) is 0 Å². The molecule has 3 rings (SSSR count). The van der Waals surface area contributed by atoms with Crippen LogP contribution in [0.5, 0.6) is 0 Å². The van der Waals surface area contributed by atoms with Crippen LogP contribution < -0.4 is 5.32 Å². The van der Waals surface area contributed by atoms with E-state index in [1.807, 2.05) is 63.7 Å². The van der Waals surface area contributed by atoms with Crippen molar-refractivity contribution in [3.05, 3.63) is 84.2 Å². The number of hydrogen-bond donors (Lipinski definition) is 1. The number of carbonyl (C=O) groups excluding carboxylic acids is 1. The predicted octanol–water partition coefficient (Wildman–Crippen LogP) is 3.65. The molecule has 1 atom stereocenters. The van der Waals surface area contributed by atoms with Crippen molar-refractivity contribution < 1.29 is 4.79 Å². The van der Waals surface area contributed by atoms with Gasteiger partial charge in [0.1, 0.15) is 0 Å². The molecule has 0 radical (unpaired) electrons. The number of nitrogens with one attached hydrogen (secondary N) is 1. The summed E-state index contributed by atoms with van der Waals surface area (Å²) in [7, 11) is 6.10. The van der Waals surface area contributed by atoms with Gasteiger partial charge in [0.2, 0.25) is 5.91 Å². The van der Waals surface area contributed by atoms with E-state index < -0.39 is 0 Å². The molecule has 1 unspecified atom stereocenters. The maximum atomic E-state index is 12.4. The summed E-state index contributed by atoms with van der Waals surface area (Å²) in [5, 5.41) is 3.08. The van der Waals surface area contributed by atoms with Gasteiger partial charge in [0, 0.05) is 25.5 Å². The highest BCUT2D eigenvalue weighted by molar-refractivity contribution is 5.79. The highest BCUT2D eigenvalue weighted by Crippen LogP contribution is 2.20. The Balaban J connectivity index is 1.58. The van der Waals surface area contributed by atoms with Gasteiger partial charge in [-0.25, -0.2) is 0 Å². The second-order valence-corrected chi connectivity index (χ2v) is 7.07. The lowest BCUT2D eigenvalue weighted by Crippen LogP contribution is -2.36. The predicted molar refractivity (Wildman–Crippen MR) is 110 cm³/mol. The van der Waals surface area contributed by atoms with Gasteiger partial charge in [0.25, 0.3) is 0 Å². The lowest BCUT2D eigenvalue weighted by Gasteiger charge is -2.25. The second kappa shape index (κ2) is 8.69. The van der Waals surface area contributed by atoms with Crippen molar-refractivity contribution in [2.45, 2.75) is 12.5 Å². The fourth-order valence-corrected chi connectivity index (χ4v) is 3.28. The van der Waals surface area contributed by atoms with Gasteiger partial charge in [-0.3, -0.25) is 9.69 Å².